The first-order valence-electron chi connectivity index (χ1n) is 5.27. The van der Waals surface area contributed by atoms with Gasteiger partial charge in [-0.15, -0.1) is 11.3 Å². The van der Waals surface area contributed by atoms with Gasteiger partial charge in [-0.2, -0.15) is 0 Å². The van der Waals surface area contributed by atoms with Gasteiger partial charge in [-0.3, -0.25) is 4.79 Å². The average Bonchev–Trinajstić information content (AvgIpc) is 2.72. The summed E-state index contributed by atoms with van der Waals surface area (Å²) in [7, 11) is 0. The SMILES string of the molecule is O=C1CCNC(c2cc3cncnc3s2)C1. The molecule has 0 aromatic carbocycles. The van der Waals surface area contributed by atoms with Crippen LogP contribution in [0.25, 0.3) is 10.2 Å². The molecule has 0 bridgehead atoms. The van der Waals surface area contributed by atoms with E-state index in [1.807, 2.05) is 6.20 Å². The Labute approximate surface area is 96.7 Å². The van der Waals surface area contributed by atoms with E-state index in [-0.39, 0.29) is 6.04 Å². The van der Waals surface area contributed by atoms with Crippen molar-refractivity contribution in [1.29, 1.82) is 0 Å². The lowest BCUT2D eigenvalue weighted by Gasteiger charge is -2.21. The Morgan fingerprint density at radius 3 is 3.25 bits per heavy atom. The lowest BCUT2D eigenvalue weighted by molar-refractivity contribution is -0.120. The molecule has 2 aromatic heterocycles. The molecule has 2 aromatic rings. The van der Waals surface area contributed by atoms with E-state index in [2.05, 4.69) is 21.4 Å². The third kappa shape index (κ3) is 1.72. The lowest BCUT2D eigenvalue weighted by Crippen LogP contribution is -2.31. The largest absolute Gasteiger partial charge is 0.308 e. The molecule has 0 amide bonds. The van der Waals surface area contributed by atoms with Crippen molar-refractivity contribution in [3.8, 4) is 0 Å². The van der Waals surface area contributed by atoms with Crippen LogP contribution in [0.2, 0.25) is 0 Å². The lowest BCUT2D eigenvalue weighted by atomic mass is 10.0. The minimum Gasteiger partial charge on any atom is -0.308 e. The number of thiophene rings is 1. The number of aromatic nitrogens is 2. The van der Waals surface area contributed by atoms with Crippen LogP contribution >= 0.6 is 11.3 Å². The summed E-state index contributed by atoms with van der Waals surface area (Å²) >= 11 is 1.64. The predicted molar refractivity (Wildman–Crippen MR) is 62.4 cm³/mol. The van der Waals surface area contributed by atoms with Crippen molar-refractivity contribution < 1.29 is 4.79 Å². The molecule has 5 heteroatoms. The number of rotatable bonds is 1. The molecule has 16 heavy (non-hydrogen) atoms. The van der Waals surface area contributed by atoms with E-state index in [4.69, 9.17) is 0 Å². The van der Waals surface area contributed by atoms with E-state index < -0.39 is 0 Å². The zero-order valence-corrected chi connectivity index (χ0v) is 9.46. The van der Waals surface area contributed by atoms with Crippen LogP contribution < -0.4 is 5.32 Å². The van der Waals surface area contributed by atoms with Gasteiger partial charge in [0.1, 0.15) is 16.9 Å². The molecule has 4 nitrogen and oxygen atoms in total. The highest BCUT2D eigenvalue weighted by atomic mass is 32.1. The normalized spacial score (nSPS) is 21.5. The number of piperidine rings is 1. The van der Waals surface area contributed by atoms with Gasteiger partial charge in [0, 0.05) is 41.9 Å². The van der Waals surface area contributed by atoms with E-state index in [0.29, 0.717) is 18.6 Å². The minimum absolute atomic E-state index is 0.167. The molecule has 0 aliphatic carbocycles. The van der Waals surface area contributed by atoms with Gasteiger partial charge >= 0.3 is 0 Å². The second kappa shape index (κ2) is 3.92. The Morgan fingerprint density at radius 2 is 2.44 bits per heavy atom. The summed E-state index contributed by atoms with van der Waals surface area (Å²) in [5, 5.41) is 4.43. The Balaban J connectivity index is 1.96. The summed E-state index contributed by atoms with van der Waals surface area (Å²) in [4.78, 5) is 21.8. The second-order valence-electron chi connectivity index (χ2n) is 3.93. The van der Waals surface area contributed by atoms with Crippen LogP contribution in [0.5, 0.6) is 0 Å². The van der Waals surface area contributed by atoms with Gasteiger partial charge in [0.2, 0.25) is 0 Å². The Hall–Kier alpha value is -1.33. The average molecular weight is 233 g/mol. The third-order valence-electron chi connectivity index (χ3n) is 2.78. The maximum Gasteiger partial charge on any atom is 0.136 e. The summed E-state index contributed by atoms with van der Waals surface area (Å²) in [5.41, 5.74) is 0. The van der Waals surface area contributed by atoms with Gasteiger partial charge in [-0.25, -0.2) is 9.97 Å². The first-order chi connectivity index (χ1) is 7.83. The topological polar surface area (TPSA) is 54.9 Å². The van der Waals surface area contributed by atoms with E-state index in [0.717, 1.165) is 16.8 Å². The van der Waals surface area contributed by atoms with Crippen molar-refractivity contribution in [2.75, 3.05) is 6.54 Å². The van der Waals surface area contributed by atoms with E-state index >= 15 is 0 Å². The molecule has 0 saturated carbocycles. The quantitative estimate of drug-likeness (QED) is 0.814. The number of ketones is 1. The Morgan fingerprint density at radius 1 is 1.50 bits per heavy atom. The van der Waals surface area contributed by atoms with Gasteiger partial charge in [-0.1, -0.05) is 0 Å². The van der Waals surface area contributed by atoms with E-state index in [1.54, 1.807) is 17.7 Å². The first kappa shape index (κ1) is 9.86. The van der Waals surface area contributed by atoms with Crippen LogP contribution in [0, 0.1) is 0 Å². The number of Topliss-reactive ketones (excluding diaryl/α,β-unsaturated/α-hetero) is 1. The van der Waals surface area contributed by atoms with Crippen molar-refractivity contribution in [3.63, 3.8) is 0 Å². The predicted octanol–water partition coefficient (Wildman–Crippen LogP) is 1.68. The highest BCUT2D eigenvalue weighted by molar-refractivity contribution is 7.18. The standard InChI is InChI=1S/C11H11N3OS/c15-8-1-2-13-9(4-8)10-3-7-5-12-6-14-11(7)16-10/h3,5-6,9,13H,1-2,4H2. The number of hydrogen-bond donors (Lipinski definition) is 1. The maximum atomic E-state index is 11.4. The monoisotopic (exact) mass is 233 g/mol. The molecule has 3 heterocycles. The van der Waals surface area contributed by atoms with Gasteiger partial charge < -0.3 is 5.32 Å². The molecule has 3 rings (SSSR count). The molecule has 0 radical (unpaired) electrons. The third-order valence-corrected chi connectivity index (χ3v) is 3.96. The molecule has 82 valence electrons. The zero-order chi connectivity index (χ0) is 11.0. The second-order valence-corrected chi connectivity index (χ2v) is 4.99. The smallest absolute Gasteiger partial charge is 0.136 e. The molecular formula is C11H11N3OS. The van der Waals surface area contributed by atoms with Crippen molar-refractivity contribution in [3.05, 3.63) is 23.5 Å². The Bertz CT molecular complexity index is 504. The highest BCUT2D eigenvalue weighted by Crippen LogP contribution is 2.31. The van der Waals surface area contributed by atoms with E-state index in [1.165, 1.54) is 4.88 Å². The molecule has 1 saturated heterocycles. The summed E-state index contributed by atoms with van der Waals surface area (Å²) in [6.07, 6.45) is 4.62. The first-order valence-corrected chi connectivity index (χ1v) is 6.09. The van der Waals surface area contributed by atoms with Crippen LogP contribution in [0.3, 0.4) is 0 Å². The summed E-state index contributed by atoms with van der Waals surface area (Å²) in [5.74, 6) is 0.340. The molecular weight excluding hydrogens is 222 g/mol. The molecule has 1 N–H and O–H groups in total. The number of nitrogens with zero attached hydrogens (tertiary/aromatic N) is 2. The fourth-order valence-electron chi connectivity index (χ4n) is 1.97. The fourth-order valence-corrected chi connectivity index (χ4v) is 3.02. The molecule has 1 aliphatic heterocycles. The van der Waals surface area contributed by atoms with Crippen molar-refractivity contribution in [2.45, 2.75) is 18.9 Å². The molecule has 1 fully saturated rings. The molecule has 1 unspecified atom stereocenters. The summed E-state index contributed by atoms with van der Waals surface area (Å²) in [6.45, 7) is 0.781. The minimum atomic E-state index is 0.167. The fraction of sp³-hybridized carbons (Fsp3) is 0.364. The number of hydrogen-bond acceptors (Lipinski definition) is 5. The van der Waals surface area contributed by atoms with Crippen molar-refractivity contribution >= 4 is 27.3 Å². The van der Waals surface area contributed by atoms with Crippen molar-refractivity contribution in [2.24, 2.45) is 0 Å². The van der Waals surface area contributed by atoms with Gasteiger partial charge in [0.15, 0.2) is 0 Å². The summed E-state index contributed by atoms with van der Waals surface area (Å²) in [6, 6.07) is 2.25. The van der Waals surface area contributed by atoms with Crippen molar-refractivity contribution in [1.82, 2.24) is 15.3 Å². The van der Waals surface area contributed by atoms with Gasteiger partial charge in [0.25, 0.3) is 0 Å². The zero-order valence-electron chi connectivity index (χ0n) is 8.64. The van der Waals surface area contributed by atoms with Crippen LogP contribution in [-0.4, -0.2) is 22.3 Å². The molecule has 1 aliphatic rings. The molecule has 0 spiro atoms. The number of nitrogens with one attached hydrogen (secondary N) is 1. The summed E-state index contributed by atoms with van der Waals surface area (Å²) < 4.78 is 0. The van der Waals surface area contributed by atoms with E-state index in [9.17, 15) is 4.79 Å². The number of carbonyl (C=O) groups is 1. The van der Waals surface area contributed by atoms with Crippen LogP contribution in [0.15, 0.2) is 18.6 Å². The van der Waals surface area contributed by atoms with Crippen LogP contribution in [0.1, 0.15) is 23.8 Å². The number of carbonyl (C=O) groups excluding carboxylic acids is 1. The van der Waals surface area contributed by atoms with Crippen LogP contribution in [0.4, 0.5) is 0 Å². The van der Waals surface area contributed by atoms with Gasteiger partial charge in [0.05, 0.1) is 0 Å². The maximum absolute atomic E-state index is 11.4. The number of fused-ring (bicyclic) bond motifs is 1. The Kier molecular flexibility index (Phi) is 2.41. The molecule has 1 atom stereocenters. The highest BCUT2D eigenvalue weighted by Gasteiger charge is 2.22. The van der Waals surface area contributed by atoms with Crippen LogP contribution in [-0.2, 0) is 4.79 Å². The van der Waals surface area contributed by atoms with Gasteiger partial charge in [-0.05, 0) is 6.07 Å².